The topological polar surface area (TPSA) is 122 Å². The van der Waals surface area contributed by atoms with E-state index in [2.05, 4.69) is 0 Å². The Morgan fingerprint density at radius 3 is 1.50 bits per heavy atom. The summed E-state index contributed by atoms with van der Waals surface area (Å²) in [7, 11) is 0. The minimum absolute atomic E-state index is 0.0612. The van der Waals surface area contributed by atoms with Crippen molar-refractivity contribution in [3.63, 3.8) is 0 Å². The van der Waals surface area contributed by atoms with Gasteiger partial charge in [0.25, 0.3) is 0 Å². The van der Waals surface area contributed by atoms with Crippen LogP contribution >= 0.6 is 0 Å². The average molecular weight is 442 g/mol. The molecule has 0 aliphatic rings. The Hall–Kier alpha value is -4.01. The number of carbonyl (C=O) groups excluding carboxylic acids is 5. The van der Waals surface area contributed by atoms with E-state index in [1.807, 2.05) is 0 Å². The minimum Gasteiger partial charge on any atom is -0.426 e. The highest BCUT2D eigenvalue weighted by atomic mass is 16.6. The van der Waals surface area contributed by atoms with Gasteiger partial charge in [0.2, 0.25) is 5.75 Å². The van der Waals surface area contributed by atoms with E-state index in [4.69, 9.17) is 18.9 Å². The summed E-state index contributed by atoms with van der Waals surface area (Å²) in [5.74, 6) is -4.36. The molecule has 2 aromatic rings. The molecule has 0 saturated carbocycles. The largest absolute Gasteiger partial charge is 0.426 e. The fourth-order valence-electron chi connectivity index (χ4n) is 2.81. The van der Waals surface area contributed by atoms with E-state index in [1.165, 1.54) is 25.1 Å². The van der Waals surface area contributed by atoms with E-state index in [1.54, 1.807) is 19.9 Å². The zero-order valence-electron chi connectivity index (χ0n) is 18.5. The first-order chi connectivity index (χ1) is 14.9. The second-order valence-corrected chi connectivity index (χ2v) is 6.89. The van der Waals surface area contributed by atoms with Gasteiger partial charge in [-0.05, 0) is 43.2 Å². The Morgan fingerprint density at radius 1 is 0.625 bits per heavy atom. The molecule has 0 aliphatic heterocycles. The van der Waals surface area contributed by atoms with Crippen LogP contribution in [0.5, 0.6) is 23.0 Å². The number of hydrogen-bond donors (Lipinski definition) is 0. The molecular formula is C23H22O9. The summed E-state index contributed by atoms with van der Waals surface area (Å²) in [5, 5.41) is 0. The van der Waals surface area contributed by atoms with E-state index < -0.39 is 29.7 Å². The molecule has 0 bridgehead atoms. The highest BCUT2D eigenvalue weighted by Gasteiger charge is 2.25. The lowest BCUT2D eigenvalue weighted by molar-refractivity contribution is -0.135. The third kappa shape index (κ3) is 5.78. The Labute approximate surface area is 184 Å². The maximum atomic E-state index is 13.3. The second-order valence-electron chi connectivity index (χ2n) is 6.89. The van der Waals surface area contributed by atoms with Gasteiger partial charge in [-0.25, -0.2) is 0 Å². The first-order valence-electron chi connectivity index (χ1n) is 9.47. The molecule has 0 atom stereocenters. The van der Waals surface area contributed by atoms with Crippen LogP contribution in [0.4, 0.5) is 0 Å². The van der Waals surface area contributed by atoms with Crippen molar-refractivity contribution >= 4 is 29.7 Å². The van der Waals surface area contributed by atoms with E-state index in [0.717, 1.165) is 26.3 Å². The standard InChI is InChI=1S/C23H22O9/c1-11-7-8-18(22(12(11)2)31-15(5)26)21(28)17-9-19(29-13(3)24)23(32-16(6)27)20(10-17)30-14(4)25/h7-10H,1-6H3. The van der Waals surface area contributed by atoms with Crippen molar-refractivity contribution in [3.8, 4) is 23.0 Å². The number of ketones is 1. The van der Waals surface area contributed by atoms with Crippen LogP contribution in [0.15, 0.2) is 24.3 Å². The first kappa shape index (κ1) is 24.3. The lowest BCUT2D eigenvalue weighted by Crippen LogP contribution is -2.14. The van der Waals surface area contributed by atoms with Crippen molar-refractivity contribution < 1.29 is 42.9 Å². The van der Waals surface area contributed by atoms with Crippen molar-refractivity contribution in [1.82, 2.24) is 0 Å². The minimum atomic E-state index is -0.766. The average Bonchev–Trinajstić information content (AvgIpc) is 2.66. The van der Waals surface area contributed by atoms with Crippen LogP contribution in [0, 0.1) is 13.8 Å². The summed E-state index contributed by atoms with van der Waals surface area (Å²) in [6.07, 6.45) is 0. The van der Waals surface area contributed by atoms with Crippen molar-refractivity contribution in [1.29, 1.82) is 0 Å². The number of hydrogen-bond acceptors (Lipinski definition) is 9. The van der Waals surface area contributed by atoms with Gasteiger partial charge in [-0.3, -0.25) is 24.0 Å². The Kier molecular flexibility index (Phi) is 7.48. The van der Waals surface area contributed by atoms with Gasteiger partial charge in [0.1, 0.15) is 5.75 Å². The van der Waals surface area contributed by atoms with Crippen LogP contribution in [0.2, 0.25) is 0 Å². The molecule has 2 aromatic carbocycles. The third-order valence-corrected chi connectivity index (χ3v) is 4.20. The molecule has 0 unspecified atom stereocenters. The van der Waals surface area contributed by atoms with Crippen LogP contribution in [0.25, 0.3) is 0 Å². The quantitative estimate of drug-likeness (QED) is 0.377. The fraction of sp³-hybridized carbons (Fsp3) is 0.261. The van der Waals surface area contributed by atoms with Gasteiger partial charge >= 0.3 is 23.9 Å². The normalized spacial score (nSPS) is 10.2. The molecule has 0 heterocycles. The number of ether oxygens (including phenoxy) is 4. The van der Waals surface area contributed by atoms with E-state index in [9.17, 15) is 24.0 Å². The van der Waals surface area contributed by atoms with Crippen molar-refractivity contribution in [2.45, 2.75) is 41.5 Å². The summed E-state index contributed by atoms with van der Waals surface area (Å²) >= 11 is 0. The molecule has 0 spiro atoms. The smallest absolute Gasteiger partial charge is 0.308 e. The molecular weight excluding hydrogens is 420 g/mol. The molecule has 32 heavy (non-hydrogen) atoms. The van der Waals surface area contributed by atoms with Crippen LogP contribution < -0.4 is 18.9 Å². The van der Waals surface area contributed by atoms with E-state index in [0.29, 0.717) is 5.56 Å². The number of benzene rings is 2. The number of aryl methyl sites for hydroxylation is 1. The molecule has 0 aromatic heterocycles. The maximum absolute atomic E-state index is 13.3. The highest BCUT2D eigenvalue weighted by Crippen LogP contribution is 2.40. The molecule has 0 saturated heterocycles. The summed E-state index contributed by atoms with van der Waals surface area (Å²) in [6, 6.07) is 5.51. The van der Waals surface area contributed by atoms with Gasteiger partial charge in [-0.15, -0.1) is 0 Å². The maximum Gasteiger partial charge on any atom is 0.308 e. The highest BCUT2D eigenvalue weighted by molar-refractivity contribution is 6.12. The molecule has 0 N–H and O–H groups in total. The Morgan fingerprint density at radius 2 is 1.06 bits per heavy atom. The number of rotatable bonds is 6. The fourth-order valence-corrected chi connectivity index (χ4v) is 2.81. The van der Waals surface area contributed by atoms with Crippen LogP contribution in [0.3, 0.4) is 0 Å². The lowest BCUT2D eigenvalue weighted by Gasteiger charge is -2.16. The predicted octanol–water partition coefficient (Wildman–Crippen LogP) is 3.24. The SMILES string of the molecule is CC(=O)Oc1cc(C(=O)c2ccc(C)c(C)c2OC(C)=O)cc(OC(C)=O)c1OC(C)=O. The molecule has 9 heteroatoms. The summed E-state index contributed by atoms with van der Waals surface area (Å²) in [5.41, 5.74) is 1.38. The summed E-state index contributed by atoms with van der Waals surface area (Å²) < 4.78 is 20.5. The van der Waals surface area contributed by atoms with Gasteiger partial charge in [-0.1, -0.05) is 6.07 Å². The molecule has 0 aliphatic carbocycles. The molecule has 168 valence electrons. The van der Waals surface area contributed by atoms with E-state index in [-0.39, 0.29) is 34.1 Å². The zero-order valence-corrected chi connectivity index (χ0v) is 18.5. The van der Waals surface area contributed by atoms with Crippen molar-refractivity contribution in [3.05, 3.63) is 46.5 Å². The van der Waals surface area contributed by atoms with E-state index >= 15 is 0 Å². The Balaban J connectivity index is 2.74. The van der Waals surface area contributed by atoms with Gasteiger partial charge < -0.3 is 18.9 Å². The molecule has 0 amide bonds. The number of esters is 4. The van der Waals surface area contributed by atoms with Gasteiger partial charge in [0.15, 0.2) is 17.3 Å². The van der Waals surface area contributed by atoms with Gasteiger partial charge in [0.05, 0.1) is 5.56 Å². The first-order valence-corrected chi connectivity index (χ1v) is 9.47. The van der Waals surface area contributed by atoms with Crippen LogP contribution in [0.1, 0.15) is 54.7 Å². The summed E-state index contributed by atoms with van der Waals surface area (Å²) in [6.45, 7) is 8.03. The molecule has 0 radical (unpaired) electrons. The number of carbonyl (C=O) groups is 5. The predicted molar refractivity (Wildman–Crippen MR) is 111 cm³/mol. The zero-order chi connectivity index (χ0) is 24.2. The van der Waals surface area contributed by atoms with Crippen molar-refractivity contribution in [2.24, 2.45) is 0 Å². The monoisotopic (exact) mass is 442 g/mol. The summed E-state index contributed by atoms with van der Waals surface area (Å²) in [4.78, 5) is 59.6. The van der Waals surface area contributed by atoms with Gasteiger partial charge in [-0.2, -0.15) is 0 Å². The Bertz CT molecular complexity index is 1090. The van der Waals surface area contributed by atoms with Crippen LogP contribution in [-0.4, -0.2) is 29.7 Å². The molecule has 9 nitrogen and oxygen atoms in total. The second kappa shape index (κ2) is 9.86. The van der Waals surface area contributed by atoms with Crippen molar-refractivity contribution in [2.75, 3.05) is 0 Å². The lowest BCUT2D eigenvalue weighted by atomic mass is 9.97. The third-order valence-electron chi connectivity index (χ3n) is 4.20. The van der Waals surface area contributed by atoms with Crippen LogP contribution in [-0.2, 0) is 19.2 Å². The molecule has 2 rings (SSSR count). The molecule has 0 fully saturated rings. The van der Waals surface area contributed by atoms with Gasteiger partial charge in [0, 0.05) is 33.3 Å².